The lowest BCUT2D eigenvalue weighted by Crippen LogP contribution is -2.43. The van der Waals surface area contributed by atoms with Gasteiger partial charge in [-0.1, -0.05) is 23.9 Å². The molecule has 1 saturated heterocycles. The number of hydrogen-bond donors (Lipinski definition) is 1. The maximum Gasteiger partial charge on any atom is 0.238 e. The number of thioether (sulfide) groups is 1. The van der Waals surface area contributed by atoms with Gasteiger partial charge in [-0.3, -0.25) is 14.5 Å². The Kier molecular flexibility index (Phi) is 6.20. The second-order valence-corrected chi connectivity index (χ2v) is 7.25. The lowest BCUT2D eigenvalue weighted by Gasteiger charge is -2.28. The van der Waals surface area contributed by atoms with Gasteiger partial charge in [0.2, 0.25) is 11.8 Å². The Morgan fingerprint density at radius 2 is 1.82 bits per heavy atom. The summed E-state index contributed by atoms with van der Waals surface area (Å²) in [6.07, 6.45) is 0.105. The van der Waals surface area contributed by atoms with Crippen LogP contribution >= 0.6 is 11.8 Å². The fourth-order valence-corrected chi connectivity index (χ4v) is 3.68. The van der Waals surface area contributed by atoms with Gasteiger partial charge in [0.15, 0.2) is 5.17 Å². The molecule has 0 bridgehead atoms. The summed E-state index contributed by atoms with van der Waals surface area (Å²) in [7, 11) is 4.80. The van der Waals surface area contributed by atoms with Crippen LogP contribution in [0, 0.1) is 0 Å². The highest BCUT2D eigenvalue weighted by Gasteiger charge is 2.34. The van der Waals surface area contributed by atoms with Crippen LogP contribution in [-0.4, -0.2) is 48.4 Å². The number of aliphatic imine (C=N–C) groups is 1. The minimum Gasteiger partial charge on any atom is -0.497 e. The van der Waals surface area contributed by atoms with E-state index < -0.39 is 5.25 Å². The SMILES string of the molecule is COc1cccc(N=C2SC(C(=O)Nc3cccc(OC)c3)CC(=O)N2C)c1. The average molecular weight is 399 g/mol. The van der Waals surface area contributed by atoms with Crippen LogP contribution in [0.3, 0.4) is 0 Å². The second kappa shape index (κ2) is 8.79. The molecule has 1 aliphatic rings. The van der Waals surface area contributed by atoms with Crippen molar-refractivity contribution < 1.29 is 19.1 Å². The summed E-state index contributed by atoms with van der Waals surface area (Å²) in [4.78, 5) is 31.1. The Bertz CT molecular complexity index is 916. The van der Waals surface area contributed by atoms with Gasteiger partial charge >= 0.3 is 0 Å². The third-order valence-electron chi connectivity index (χ3n) is 4.18. The van der Waals surface area contributed by atoms with Gasteiger partial charge in [0.25, 0.3) is 0 Å². The number of ether oxygens (including phenoxy) is 2. The van der Waals surface area contributed by atoms with Gasteiger partial charge in [0, 0.05) is 31.3 Å². The van der Waals surface area contributed by atoms with E-state index in [-0.39, 0.29) is 18.2 Å². The van der Waals surface area contributed by atoms with Gasteiger partial charge in [-0.2, -0.15) is 0 Å². The number of carbonyl (C=O) groups excluding carboxylic acids is 2. The molecule has 1 aliphatic heterocycles. The van der Waals surface area contributed by atoms with Gasteiger partial charge in [-0.05, 0) is 24.3 Å². The lowest BCUT2D eigenvalue weighted by atomic mass is 10.2. The lowest BCUT2D eigenvalue weighted by molar-refractivity contribution is -0.128. The summed E-state index contributed by atoms with van der Waals surface area (Å²) < 4.78 is 10.4. The fraction of sp³-hybridized carbons (Fsp3) is 0.250. The van der Waals surface area contributed by atoms with Gasteiger partial charge in [0.1, 0.15) is 16.7 Å². The van der Waals surface area contributed by atoms with Crippen LogP contribution in [0.2, 0.25) is 0 Å². The first kappa shape index (κ1) is 19.8. The van der Waals surface area contributed by atoms with E-state index in [1.807, 2.05) is 18.2 Å². The molecule has 1 unspecified atom stereocenters. The summed E-state index contributed by atoms with van der Waals surface area (Å²) in [5.74, 6) is 0.901. The molecule has 0 aliphatic carbocycles. The first-order chi connectivity index (χ1) is 13.5. The second-order valence-electron chi connectivity index (χ2n) is 6.08. The molecule has 7 nitrogen and oxygen atoms in total. The van der Waals surface area contributed by atoms with E-state index in [0.717, 1.165) is 0 Å². The van der Waals surface area contributed by atoms with Gasteiger partial charge in [0.05, 0.1) is 19.9 Å². The maximum absolute atomic E-state index is 12.7. The maximum atomic E-state index is 12.7. The van der Waals surface area contributed by atoms with Crippen molar-refractivity contribution >= 4 is 40.1 Å². The number of amidine groups is 1. The molecule has 0 aromatic heterocycles. The predicted octanol–water partition coefficient (Wildman–Crippen LogP) is 3.29. The number of benzene rings is 2. The van der Waals surface area contributed by atoms with E-state index in [2.05, 4.69) is 10.3 Å². The Morgan fingerprint density at radius 1 is 1.14 bits per heavy atom. The van der Waals surface area contributed by atoms with E-state index in [1.54, 1.807) is 51.6 Å². The van der Waals surface area contributed by atoms with Gasteiger partial charge < -0.3 is 14.8 Å². The number of methoxy groups -OCH3 is 2. The Balaban J connectivity index is 1.78. The molecule has 2 aromatic carbocycles. The number of carbonyl (C=O) groups is 2. The van der Waals surface area contributed by atoms with Crippen LogP contribution < -0.4 is 14.8 Å². The Labute approximate surface area is 167 Å². The molecule has 0 saturated carbocycles. The number of anilines is 1. The van der Waals surface area contributed by atoms with E-state index in [4.69, 9.17) is 9.47 Å². The molecule has 1 heterocycles. The fourth-order valence-electron chi connectivity index (χ4n) is 2.61. The molecule has 1 N–H and O–H groups in total. The molecule has 1 fully saturated rings. The summed E-state index contributed by atoms with van der Waals surface area (Å²) in [6, 6.07) is 14.3. The number of hydrogen-bond acceptors (Lipinski definition) is 6. The summed E-state index contributed by atoms with van der Waals surface area (Å²) in [5.41, 5.74) is 1.26. The van der Waals surface area contributed by atoms with Crippen LogP contribution in [0.25, 0.3) is 0 Å². The number of amides is 2. The minimum atomic E-state index is -0.570. The quantitative estimate of drug-likeness (QED) is 0.835. The summed E-state index contributed by atoms with van der Waals surface area (Å²) >= 11 is 1.26. The van der Waals surface area contributed by atoms with Crippen molar-refractivity contribution in [1.29, 1.82) is 0 Å². The molecule has 0 spiro atoms. The zero-order valence-electron chi connectivity index (χ0n) is 15.8. The van der Waals surface area contributed by atoms with E-state index >= 15 is 0 Å². The normalized spacial score (nSPS) is 18.1. The van der Waals surface area contributed by atoms with Crippen LogP contribution in [0.5, 0.6) is 11.5 Å². The van der Waals surface area contributed by atoms with Crippen molar-refractivity contribution in [2.75, 3.05) is 26.6 Å². The Hall–Kier alpha value is -3.00. The van der Waals surface area contributed by atoms with E-state index in [1.165, 1.54) is 16.7 Å². The highest BCUT2D eigenvalue weighted by molar-refractivity contribution is 8.15. The molecule has 2 aromatic rings. The van der Waals surface area contributed by atoms with Crippen LogP contribution in [-0.2, 0) is 9.59 Å². The third-order valence-corrected chi connectivity index (χ3v) is 5.42. The van der Waals surface area contributed by atoms with Crippen molar-refractivity contribution in [3.8, 4) is 11.5 Å². The molecule has 146 valence electrons. The predicted molar refractivity (Wildman–Crippen MR) is 110 cm³/mol. The van der Waals surface area contributed by atoms with Crippen LogP contribution in [0.4, 0.5) is 11.4 Å². The van der Waals surface area contributed by atoms with E-state index in [9.17, 15) is 9.59 Å². The first-order valence-electron chi connectivity index (χ1n) is 8.61. The van der Waals surface area contributed by atoms with Crippen molar-refractivity contribution in [2.24, 2.45) is 4.99 Å². The molecular formula is C20H21N3O4S. The summed E-state index contributed by atoms with van der Waals surface area (Å²) in [5, 5.41) is 2.74. The molecule has 2 amide bonds. The highest BCUT2D eigenvalue weighted by atomic mass is 32.2. The standard InChI is InChI=1S/C20H21N3O4S/c1-23-18(24)12-17(19(25)21-13-6-4-8-15(10-13)26-2)28-20(23)22-14-7-5-9-16(11-14)27-3/h4-11,17H,12H2,1-3H3,(H,21,25). The van der Waals surface area contributed by atoms with E-state index in [0.29, 0.717) is 28.0 Å². The molecule has 28 heavy (non-hydrogen) atoms. The van der Waals surface area contributed by atoms with Crippen molar-refractivity contribution in [3.05, 3.63) is 48.5 Å². The molecule has 1 atom stereocenters. The van der Waals surface area contributed by atoms with Crippen molar-refractivity contribution in [1.82, 2.24) is 4.90 Å². The highest BCUT2D eigenvalue weighted by Crippen LogP contribution is 2.30. The van der Waals surface area contributed by atoms with Crippen molar-refractivity contribution in [3.63, 3.8) is 0 Å². The zero-order valence-corrected chi connectivity index (χ0v) is 16.7. The average Bonchev–Trinajstić information content (AvgIpc) is 2.71. The summed E-state index contributed by atoms with van der Waals surface area (Å²) in [6.45, 7) is 0. The number of rotatable bonds is 5. The van der Waals surface area contributed by atoms with Crippen molar-refractivity contribution in [2.45, 2.75) is 11.7 Å². The molecule has 0 radical (unpaired) electrons. The van der Waals surface area contributed by atoms with Gasteiger partial charge in [-0.25, -0.2) is 4.99 Å². The zero-order chi connectivity index (χ0) is 20.1. The van der Waals surface area contributed by atoms with Gasteiger partial charge in [-0.15, -0.1) is 0 Å². The minimum absolute atomic E-state index is 0.105. The molecule has 8 heteroatoms. The smallest absolute Gasteiger partial charge is 0.238 e. The number of nitrogens with one attached hydrogen (secondary N) is 1. The molecular weight excluding hydrogens is 378 g/mol. The molecule has 3 rings (SSSR count). The van der Waals surface area contributed by atoms with Crippen LogP contribution in [0.1, 0.15) is 6.42 Å². The first-order valence-corrected chi connectivity index (χ1v) is 9.49. The van der Waals surface area contributed by atoms with Crippen LogP contribution in [0.15, 0.2) is 53.5 Å². The Morgan fingerprint density at radius 3 is 2.54 bits per heavy atom. The largest absolute Gasteiger partial charge is 0.497 e. The monoisotopic (exact) mass is 399 g/mol. The topological polar surface area (TPSA) is 80.2 Å². The number of nitrogens with zero attached hydrogens (tertiary/aromatic N) is 2. The third kappa shape index (κ3) is 4.64.